The van der Waals surface area contributed by atoms with Crippen LogP contribution >= 0.6 is 0 Å². The third-order valence-electron chi connectivity index (χ3n) is 6.05. The van der Waals surface area contributed by atoms with Crippen molar-refractivity contribution in [2.45, 2.75) is 103 Å². The van der Waals surface area contributed by atoms with Gasteiger partial charge in [0.05, 0.1) is 12.0 Å². The van der Waals surface area contributed by atoms with Crippen LogP contribution in [0.1, 0.15) is 107 Å². The second-order valence-corrected chi connectivity index (χ2v) is 9.14. The molecule has 0 aliphatic rings. The molecule has 0 radical (unpaired) electrons. The Morgan fingerprint density at radius 2 is 1.60 bits per heavy atom. The smallest absolute Gasteiger partial charge is 0.335 e. The van der Waals surface area contributed by atoms with Crippen LogP contribution in [0.25, 0.3) is 11.1 Å². The molecule has 1 atom stereocenters. The molecule has 0 spiro atoms. The number of carbonyl (C=O) groups is 3. The van der Waals surface area contributed by atoms with Crippen molar-refractivity contribution in [2.24, 2.45) is 0 Å². The molecule has 1 aromatic heterocycles. The van der Waals surface area contributed by atoms with Crippen LogP contribution in [-0.4, -0.2) is 40.5 Å². The minimum Gasteiger partial charge on any atom is -0.478 e. The fourth-order valence-corrected chi connectivity index (χ4v) is 3.98. The monoisotopic (exact) mass is 487 g/mol. The van der Waals surface area contributed by atoms with Crippen molar-refractivity contribution < 1.29 is 23.9 Å². The van der Waals surface area contributed by atoms with Crippen molar-refractivity contribution in [1.82, 2.24) is 15.6 Å². The van der Waals surface area contributed by atoms with E-state index in [0.29, 0.717) is 24.1 Å². The first-order valence-electron chi connectivity index (χ1n) is 13.1. The van der Waals surface area contributed by atoms with Gasteiger partial charge in [0.1, 0.15) is 11.6 Å². The van der Waals surface area contributed by atoms with Crippen LogP contribution < -0.4 is 10.6 Å². The average Bonchev–Trinajstić information content (AvgIpc) is 3.24. The number of carboxylic acid groups (broad SMARTS) is 1. The number of carbonyl (C=O) groups excluding carboxylic acids is 2. The van der Waals surface area contributed by atoms with E-state index in [9.17, 15) is 19.5 Å². The quantitative estimate of drug-likeness (QED) is 0.242. The van der Waals surface area contributed by atoms with E-state index in [1.54, 1.807) is 6.07 Å². The highest BCUT2D eigenvalue weighted by molar-refractivity contribution is 5.92. The summed E-state index contributed by atoms with van der Waals surface area (Å²) in [6.07, 6.45) is 12.5. The molecule has 1 aromatic carbocycles. The summed E-state index contributed by atoms with van der Waals surface area (Å²) in [7, 11) is 0. The number of nitrogens with one attached hydrogen (secondary N) is 2. The Morgan fingerprint density at radius 1 is 0.943 bits per heavy atom. The predicted molar refractivity (Wildman–Crippen MR) is 136 cm³/mol. The van der Waals surface area contributed by atoms with Crippen molar-refractivity contribution in [3.63, 3.8) is 0 Å². The molecule has 0 saturated carbocycles. The van der Waals surface area contributed by atoms with Crippen LogP contribution in [0, 0.1) is 0 Å². The first kappa shape index (κ1) is 28.3. The number of amides is 2. The molecular weight excluding hydrogens is 446 g/mol. The van der Waals surface area contributed by atoms with Gasteiger partial charge in [0.2, 0.25) is 11.8 Å². The maximum atomic E-state index is 12.9. The minimum atomic E-state index is -1.05. The number of fused-ring (bicyclic) bond motifs is 1. The number of hydrogen-bond donors (Lipinski definition) is 3. The number of oxazole rings is 1. The SMILES string of the molecule is CCCCCCCCCC(=O)N[C@@H](Cc1nc2cc(C(=O)O)ccc2o1)C(=O)NCCCCCC. The molecule has 0 unspecified atom stereocenters. The second-order valence-electron chi connectivity index (χ2n) is 9.14. The van der Waals surface area contributed by atoms with Crippen molar-refractivity contribution in [3.8, 4) is 0 Å². The normalized spacial score (nSPS) is 11.9. The summed E-state index contributed by atoms with van der Waals surface area (Å²) < 4.78 is 5.73. The Hall–Kier alpha value is -2.90. The van der Waals surface area contributed by atoms with Gasteiger partial charge in [-0.25, -0.2) is 9.78 Å². The Kier molecular flexibility index (Phi) is 12.9. The summed E-state index contributed by atoms with van der Waals surface area (Å²) >= 11 is 0. The maximum Gasteiger partial charge on any atom is 0.335 e. The van der Waals surface area contributed by atoms with Gasteiger partial charge >= 0.3 is 5.97 Å². The lowest BCUT2D eigenvalue weighted by molar-refractivity contribution is -0.129. The molecule has 3 N–H and O–H groups in total. The number of aromatic nitrogens is 1. The number of nitrogens with zero attached hydrogens (tertiary/aromatic N) is 1. The number of rotatable bonds is 18. The number of benzene rings is 1. The van der Waals surface area contributed by atoms with Crippen LogP contribution in [-0.2, 0) is 16.0 Å². The molecule has 2 rings (SSSR count). The van der Waals surface area contributed by atoms with Crippen molar-refractivity contribution >= 4 is 28.9 Å². The topological polar surface area (TPSA) is 122 Å². The summed E-state index contributed by atoms with van der Waals surface area (Å²) in [6, 6.07) is 3.64. The van der Waals surface area contributed by atoms with Gasteiger partial charge < -0.3 is 20.2 Å². The lowest BCUT2D eigenvalue weighted by Crippen LogP contribution is -2.48. The van der Waals surface area contributed by atoms with E-state index < -0.39 is 12.0 Å². The molecule has 0 bridgehead atoms. The predicted octanol–water partition coefficient (Wildman–Crippen LogP) is 5.39. The van der Waals surface area contributed by atoms with Crippen molar-refractivity contribution in [2.75, 3.05) is 6.54 Å². The fourth-order valence-electron chi connectivity index (χ4n) is 3.98. The second kappa shape index (κ2) is 15.9. The van der Waals surface area contributed by atoms with E-state index in [4.69, 9.17) is 4.42 Å². The highest BCUT2D eigenvalue weighted by Crippen LogP contribution is 2.18. The zero-order valence-corrected chi connectivity index (χ0v) is 21.2. The molecule has 35 heavy (non-hydrogen) atoms. The van der Waals surface area contributed by atoms with E-state index >= 15 is 0 Å². The van der Waals surface area contributed by atoms with Crippen LogP contribution in [0.2, 0.25) is 0 Å². The largest absolute Gasteiger partial charge is 0.478 e. The summed E-state index contributed by atoms with van der Waals surface area (Å²) in [6.45, 7) is 4.88. The molecule has 0 aliphatic carbocycles. The molecule has 2 amide bonds. The lowest BCUT2D eigenvalue weighted by Gasteiger charge is -2.17. The first-order chi connectivity index (χ1) is 16.9. The summed E-state index contributed by atoms with van der Waals surface area (Å²) in [5.74, 6) is -1.18. The Morgan fingerprint density at radius 3 is 2.29 bits per heavy atom. The third-order valence-corrected chi connectivity index (χ3v) is 6.05. The average molecular weight is 488 g/mol. The Balaban J connectivity index is 1.96. The van der Waals surface area contributed by atoms with Crippen LogP contribution in [0.15, 0.2) is 22.6 Å². The molecule has 0 aliphatic heterocycles. The lowest BCUT2D eigenvalue weighted by atomic mass is 10.1. The van der Waals surface area contributed by atoms with E-state index in [0.717, 1.165) is 44.9 Å². The van der Waals surface area contributed by atoms with Gasteiger partial charge in [0.25, 0.3) is 0 Å². The summed E-state index contributed by atoms with van der Waals surface area (Å²) in [5.41, 5.74) is 0.966. The van der Waals surface area contributed by atoms with Crippen LogP contribution in [0.5, 0.6) is 0 Å². The number of unbranched alkanes of at least 4 members (excludes halogenated alkanes) is 9. The highest BCUT2D eigenvalue weighted by Gasteiger charge is 2.23. The minimum absolute atomic E-state index is 0.0979. The molecule has 8 nitrogen and oxygen atoms in total. The molecule has 1 heterocycles. The zero-order valence-electron chi connectivity index (χ0n) is 21.2. The molecule has 194 valence electrons. The van der Waals surface area contributed by atoms with Gasteiger partial charge in [-0.05, 0) is 31.0 Å². The summed E-state index contributed by atoms with van der Waals surface area (Å²) in [4.78, 5) is 41.0. The van der Waals surface area contributed by atoms with Crippen molar-refractivity contribution in [1.29, 1.82) is 0 Å². The summed E-state index contributed by atoms with van der Waals surface area (Å²) in [5, 5.41) is 15.0. The van der Waals surface area contributed by atoms with E-state index in [2.05, 4.69) is 29.5 Å². The Bertz CT molecular complexity index is 940. The van der Waals surface area contributed by atoms with Gasteiger partial charge in [-0.3, -0.25) is 9.59 Å². The first-order valence-corrected chi connectivity index (χ1v) is 13.1. The Labute approximate surface area is 208 Å². The van der Waals surface area contributed by atoms with Crippen molar-refractivity contribution in [3.05, 3.63) is 29.7 Å². The van der Waals surface area contributed by atoms with Crippen LogP contribution in [0.4, 0.5) is 0 Å². The molecule has 2 aromatic rings. The number of aromatic carboxylic acids is 1. The van der Waals surface area contributed by atoms with E-state index in [-0.39, 0.29) is 29.7 Å². The fraction of sp³-hybridized carbons (Fsp3) is 0.630. The van der Waals surface area contributed by atoms with Gasteiger partial charge in [-0.1, -0.05) is 71.6 Å². The van der Waals surface area contributed by atoms with Gasteiger partial charge in [0.15, 0.2) is 11.5 Å². The van der Waals surface area contributed by atoms with Gasteiger partial charge in [-0.15, -0.1) is 0 Å². The molecular formula is C27H41N3O5. The van der Waals surface area contributed by atoms with E-state index in [1.807, 2.05) is 0 Å². The number of carboxylic acids is 1. The third kappa shape index (κ3) is 10.5. The highest BCUT2D eigenvalue weighted by atomic mass is 16.4. The molecule has 8 heteroatoms. The zero-order chi connectivity index (χ0) is 25.5. The van der Waals surface area contributed by atoms with Gasteiger partial charge in [0, 0.05) is 13.0 Å². The standard InChI is InChI=1S/C27H41N3O5/c1-3-5-7-9-10-11-12-14-24(31)29-22(26(32)28-17-13-8-6-4-2)19-25-30-21-18-20(27(33)34)15-16-23(21)35-25/h15-16,18,22H,3-14,17,19H2,1-2H3,(H,28,32)(H,29,31)(H,33,34)/t22-/m0/s1. The number of hydrogen-bond acceptors (Lipinski definition) is 5. The molecule has 0 saturated heterocycles. The van der Waals surface area contributed by atoms with Gasteiger partial charge in [-0.2, -0.15) is 0 Å². The van der Waals surface area contributed by atoms with E-state index in [1.165, 1.54) is 37.8 Å². The molecule has 0 fully saturated rings. The maximum absolute atomic E-state index is 12.9. The van der Waals surface area contributed by atoms with Crippen LogP contribution in [0.3, 0.4) is 0 Å².